The van der Waals surface area contributed by atoms with Crippen molar-refractivity contribution in [2.24, 2.45) is 5.92 Å². The maximum absolute atomic E-state index is 12.4. The van der Waals surface area contributed by atoms with Gasteiger partial charge in [-0.1, -0.05) is 18.2 Å². The van der Waals surface area contributed by atoms with Gasteiger partial charge in [-0.3, -0.25) is 4.79 Å². The Labute approximate surface area is 123 Å². The molecule has 2 aromatic rings. The van der Waals surface area contributed by atoms with Gasteiger partial charge >= 0.3 is 0 Å². The Morgan fingerprint density at radius 1 is 1.24 bits per heavy atom. The van der Waals surface area contributed by atoms with Crippen LogP contribution in [0.1, 0.15) is 23.2 Å². The predicted molar refractivity (Wildman–Crippen MR) is 84.1 cm³/mol. The van der Waals surface area contributed by atoms with Crippen LogP contribution in [0.2, 0.25) is 0 Å². The van der Waals surface area contributed by atoms with E-state index in [1.165, 1.54) is 6.42 Å². The van der Waals surface area contributed by atoms with E-state index in [4.69, 9.17) is 5.73 Å². The number of rotatable bonds is 2. The van der Waals surface area contributed by atoms with E-state index in [0.717, 1.165) is 35.3 Å². The number of piperidine rings is 1. The molecule has 1 amide bonds. The molecule has 2 aromatic carbocycles. The third kappa shape index (κ3) is 2.16. The summed E-state index contributed by atoms with van der Waals surface area (Å²) >= 11 is 0. The fraction of sp³-hybridized carbons (Fsp3) is 0.353. The van der Waals surface area contributed by atoms with E-state index in [1.54, 1.807) is 0 Å². The molecule has 4 rings (SSSR count). The molecule has 108 valence electrons. The molecule has 4 N–H and O–H groups in total. The largest absolute Gasteiger partial charge is 0.398 e. The molecule has 3 atom stereocenters. The molecule has 1 aliphatic carbocycles. The van der Waals surface area contributed by atoms with Gasteiger partial charge in [-0.05, 0) is 48.9 Å². The van der Waals surface area contributed by atoms with E-state index in [9.17, 15) is 4.79 Å². The minimum absolute atomic E-state index is 0.0127. The Morgan fingerprint density at radius 3 is 2.90 bits per heavy atom. The summed E-state index contributed by atoms with van der Waals surface area (Å²) in [4.78, 5) is 12.4. The Morgan fingerprint density at radius 2 is 2.14 bits per heavy atom. The molecular weight excluding hydrogens is 262 g/mol. The van der Waals surface area contributed by atoms with Gasteiger partial charge < -0.3 is 16.4 Å². The number of fused-ring (bicyclic) bond motifs is 3. The maximum Gasteiger partial charge on any atom is 0.251 e. The first-order chi connectivity index (χ1) is 10.2. The molecule has 0 aromatic heterocycles. The molecular formula is C17H19N3O. The molecule has 0 radical (unpaired) electrons. The summed E-state index contributed by atoms with van der Waals surface area (Å²) in [5.41, 5.74) is 7.40. The minimum Gasteiger partial charge on any atom is -0.398 e. The molecule has 2 fully saturated rings. The first-order valence-electron chi connectivity index (χ1n) is 7.53. The fourth-order valence-corrected chi connectivity index (χ4v) is 3.71. The van der Waals surface area contributed by atoms with Crippen molar-refractivity contribution in [2.45, 2.75) is 24.9 Å². The lowest BCUT2D eigenvalue weighted by Gasteiger charge is -2.24. The number of nitrogens with one attached hydrogen (secondary N) is 2. The van der Waals surface area contributed by atoms with Crippen molar-refractivity contribution in [3.05, 3.63) is 42.0 Å². The lowest BCUT2D eigenvalue weighted by molar-refractivity contribution is 0.0928. The molecule has 4 heteroatoms. The Bertz CT molecular complexity index is 712. The van der Waals surface area contributed by atoms with Gasteiger partial charge in [0.2, 0.25) is 0 Å². The van der Waals surface area contributed by atoms with Crippen molar-refractivity contribution >= 4 is 22.4 Å². The predicted octanol–water partition coefficient (Wildman–Crippen LogP) is 1.90. The number of carbonyl (C=O) groups excluding carboxylic acids is 1. The lowest BCUT2D eigenvalue weighted by atomic mass is 10.0. The van der Waals surface area contributed by atoms with E-state index >= 15 is 0 Å². The van der Waals surface area contributed by atoms with Crippen LogP contribution in [0.3, 0.4) is 0 Å². The molecule has 4 nitrogen and oxygen atoms in total. The van der Waals surface area contributed by atoms with Crippen LogP contribution in [-0.4, -0.2) is 24.5 Å². The van der Waals surface area contributed by atoms with Crippen LogP contribution in [0.4, 0.5) is 5.69 Å². The molecule has 1 aliphatic heterocycles. The Hall–Kier alpha value is -2.07. The first-order valence-corrected chi connectivity index (χ1v) is 7.53. The van der Waals surface area contributed by atoms with Gasteiger partial charge in [0.15, 0.2) is 0 Å². The number of amides is 1. The van der Waals surface area contributed by atoms with Gasteiger partial charge in [0.1, 0.15) is 0 Å². The second kappa shape index (κ2) is 4.74. The lowest BCUT2D eigenvalue weighted by Crippen LogP contribution is -2.47. The second-order valence-electron chi connectivity index (χ2n) is 6.22. The van der Waals surface area contributed by atoms with Crippen LogP contribution < -0.4 is 16.4 Å². The Kier molecular flexibility index (Phi) is 2.86. The van der Waals surface area contributed by atoms with Gasteiger partial charge in [-0.15, -0.1) is 0 Å². The van der Waals surface area contributed by atoms with E-state index in [-0.39, 0.29) is 11.9 Å². The topological polar surface area (TPSA) is 67.2 Å². The molecule has 0 spiro atoms. The molecule has 21 heavy (non-hydrogen) atoms. The first kappa shape index (κ1) is 12.7. The molecule has 1 heterocycles. The zero-order valence-electron chi connectivity index (χ0n) is 11.8. The average Bonchev–Trinajstić information content (AvgIpc) is 3.09. The summed E-state index contributed by atoms with van der Waals surface area (Å²) in [6, 6.07) is 12.2. The van der Waals surface area contributed by atoms with E-state index in [1.807, 2.05) is 36.4 Å². The highest BCUT2D eigenvalue weighted by atomic mass is 16.1. The van der Waals surface area contributed by atoms with Crippen molar-refractivity contribution < 1.29 is 4.79 Å². The van der Waals surface area contributed by atoms with E-state index < -0.39 is 0 Å². The molecule has 3 unspecified atom stereocenters. The Balaban J connectivity index is 1.57. The SMILES string of the molecule is Nc1cccc2cc(C(=O)NC3CC4CNC3C4)ccc12. The van der Waals surface area contributed by atoms with Gasteiger partial charge in [-0.25, -0.2) is 0 Å². The van der Waals surface area contributed by atoms with Crippen LogP contribution in [0.15, 0.2) is 36.4 Å². The summed E-state index contributed by atoms with van der Waals surface area (Å²) in [7, 11) is 0. The number of benzene rings is 2. The quantitative estimate of drug-likeness (QED) is 0.737. The molecule has 2 bridgehead atoms. The number of nitrogen functional groups attached to an aromatic ring is 1. The second-order valence-corrected chi connectivity index (χ2v) is 6.22. The minimum atomic E-state index is 0.0127. The zero-order chi connectivity index (χ0) is 14.4. The van der Waals surface area contributed by atoms with Crippen LogP contribution in [0.5, 0.6) is 0 Å². The maximum atomic E-state index is 12.4. The highest BCUT2D eigenvalue weighted by Crippen LogP contribution is 2.31. The molecule has 2 aliphatic rings. The van der Waals surface area contributed by atoms with Crippen molar-refractivity contribution in [3.63, 3.8) is 0 Å². The third-order valence-electron chi connectivity index (χ3n) is 4.82. The van der Waals surface area contributed by atoms with Gasteiger partial charge in [0, 0.05) is 28.7 Å². The number of nitrogens with two attached hydrogens (primary N) is 1. The fourth-order valence-electron chi connectivity index (χ4n) is 3.71. The summed E-state index contributed by atoms with van der Waals surface area (Å²) in [6.45, 7) is 1.10. The van der Waals surface area contributed by atoms with Crippen molar-refractivity contribution in [2.75, 3.05) is 12.3 Å². The summed E-state index contributed by atoms with van der Waals surface area (Å²) in [5.74, 6) is 0.746. The smallest absolute Gasteiger partial charge is 0.251 e. The number of hydrogen-bond acceptors (Lipinski definition) is 3. The summed E-state index contributed by atoms with van der Waals surface area (Å²) < 4.78 is 0. The molecule has 1 saturated carbocycles. The molecule has 1 saturated heterocycles. The monoisotopic (exact) mass is 281 g/mol. The van der Waals surface area contributed by atoms with E-state index in [0.29, 0.717) is 11.6 Å². The van der Waals surface area contributed by atoms with Crippen LogP contribution in [0, 0.1) is 5.92 Å². The van der Waals surface area contributed by atoms with Crippen LogP contribution >= 0.6 is 0 Å². The van der Waals surface area contributed by atoms with Crippen molar-refractivity contribution in [1.29, 1.82) is 0 Å². The van der Waals surface area contributed by atoms with Crippen molar-refractivity contribution in [1.82, 2.24) is 10.6 Å². The number of carbonyl (C=O) groups is 1. The summed E-state index contributed by atoms with van der Waals surface area (Å²) in [6.07, 6.45) is 2.29. The summed E-state index contributed by atoms with van der Waals surface area (Å²) in [5, 5.41) is 8.65. The number of hydrogen-bond donors (Lipinski definition) is 3. The van der Waals surface area contributed by atoms with Gasteiger partial charge in [-0.2, -0.15) is 0 Å². The normalized spacial score (nSPS) is 27.1. The standard InChI is InChI=1S/C17H19N3O/c18-14-3-1-2-11-8-12(4-5-13(11)14)17(21)20-16-7-10-6-15(16)19-9-10/h1-5,8,10,15-16,19H,6-7,9,18H2,(H,20,21). The van der Waals surface area contributed by atoms with E-state index in [2.05, 4.69) is 10.6 Å². The highest BCUT2D eigenvalue weighted by molar-refractivity contribution is 6.01. The van der Waals surface area contributed by atoms with Gasteiger partial charge in [0.05, 0.1) is 0 Å². The third-order valence-corrected chi connectivity index (χ3v) is 4.82. The van der Waals surface area contributed by atoms with Crippen LogP contribution in [-0.2, 0) is 0 Å². The highest BCUT2D eigenvalue weighted by Gasteiger charge is 2.39. The van der Waals surface area contributed by atoms with Gasteiger partial charge in [0.25, 0.3) is 5.91 Å². The average molecular weight is 281 g/mol. The van der Waals surface area contributed by atoms with Crippen molar-refractivity contribution in [3.8, 4) is 0 Å². The number of anilines is 1. The van der Waals surface area contributed by atoms with Crippen LogP contribution in [0.25, 0.3) is 10.8 Å². The zero-order valence-corrected chi connectivity index (χ0v) is 11.8.